The third-order valence-electron chi connectivity index (χ3n) is 7.35. The van der Waals surface area contributed by atoms with Gasteiger partial charge in [0.1, 0.15) is 5.75 Å². The van der Waals surface area contributed by atoms with Crippen molar-refractivity contribution in [2.24, 2.45) is 23.2 Å². The molecule has 0 spiro atoms. The molecule has 22 heavy (non-hydrogen) atoms. The van der Waals surface area contributed by atoms with Crippen LogP contribution in [0.1, 0.15) is 56.1 Å². The average Bonchev–Trinajstić information content (AvgIpc) is 2.90. The Bertz CT molecular complexity index is 567. The summed E-state index contributed by atoms with van der Waals surface area (Å²) in [4.78, 5) is 0. The fraction of sp³-hybridized carbons (Fsp3) is 0.700. The Kier molecular flexibility index (Phi) is 3.48. The third kappa shape index (κ3) is 1.96. The van der Waals surface area contributed by atoms with Gasteiger partial charge in [-0.15, -0.1) is 0 Å². The lowest BCUT2D eigenvalue weighted by molar-refractivity contribution is 0.00956. The highest BCUT2D eigenvalue weighted by Gasteiger charge is 2.54. The molecular formula is C20H28O2. The first-order valence-electron chi connectivity index (χ1n) is 8.95. The van der Waals surface area contributed by atoms with Crippen LogP contribution in [-0.2, 0) is 6.42 Å². The van der Waals surface area contributed by atoms with E-state index < -0.39 is 0 Å². The largest absolute Gasteiger partial charge is 0.497 e. The highest BCUT2D eigenvalue weighted by molar-refractivity contribution is 5.40. The lowest BCUT2D eigenvalue weighted by Crippen LogP contribution is -2.43. The number of ether oxygens (including phenoxy) is 1. The molecule has 3 aliphatic carbocycles. The molecule has 0 saturated heterocycles. The van der Waals surface area contributed by atoms with Crippen molar-refractivity contribution in [3.63, 3.8) is 0 Å². The summed E-state index contributed by atoms with van der Waals surface area (Å²) in [6.07, 6.45) is 7.67. The summed E-state index contributed by atoms with van der Waals surface area (Å²) in [6.45, 7) is 2.85. The van der Waals surface area contributed by atoms with Crippen LogP contribution in [-0.4, -0.2) is 18.8 Å². The molecular weight excluding hydrogens is 272 g/mol. The van der Waals surface area contributed by atoms with Gasteiger partial charge in [-0.3, -0.25) is 0 Å². The number of aliphatic hydroxyl groups is 1. The molecule has 2 saturated carbocycles. The number of methoxy groups -OCH3 is 1. The number of aliphatic hydroxyl groups excluding tert-OH is 1. The molecule has 0 heterocycles. The SMILES string of the molecule is COc1ccc2c(c1)CC[C@@H]1[C@@H]2CC[C@]2(C)C(CO)CC[C@@H]12. The molecule has 5 atom stereocenters. The quantitative estimate of drug-likeness (QED) is 0.888. The van der Waals surface area contributed by atoms with Crippen molar-refractivity contribution in [1.82, 2.24) is 0 Å². The molecule has 2 heteroatoms. The number of fused-ring (bicyclic) bond motifs is 5. The molecule has 1 unspecified atom stereocenters. The average molecular weight is 300 g/mol. The second-order valence-electron chi connectivity index (χ2n) is 7.98. The third-order valence-corrected chi connectivity index (χ3v) is 7.35. The van der Waals surface area contributed by atoms with Crippen molar-refractivity contribution in [2.75, 3.05) is 13.7 Å². The van der Waals surface area contributed by atoms with Gasteiger partial charge in [0.25, 0.3) is 0 Å². The summed E-state index contributed by atoms with van der Waals surface area (Å²) in [7, 11) is 1.76. The monoisotopic (exact) mass is 300 g/mol. The Morgan fingerprint density at radius 1 is 1.23 bits per heavy atom. The fourth-order valence-electron chi connectivity index (χ4n) is 6.09. The van der Waals surface area contributed by atoms with Crippen LogP contribution in [0.15, 0.2) is 18.2 Å². The Labute approximate surface area is 133 Å². The molecule has 0 amide bonds. The van der Waals surface area contributed by atoms with Crippen LogP contribution in [0, 0.1) is 23.2 Å². The predicted octanol–water partition coefficient (Wildman–Crippen LogP) is 4.16. The van der Waals surface area contributed by atoms with Gasteiger partial charge < -0.3 is 9.84 Å². The Morgan fingerprint density at radius 3 is 2.86 bits per heavy atom. The Balaban J connectivity index is 1.66. The smallest absolute Gasteiger partial charge is 0.119 e. The minimum Gasteiger partial charge on any atom is -0.497 e. The van der Waals surface area contributed by atoms with E-state index in [1.807, 2.05) is 0 Å². The Hall–Kier alpha value is -1.02. The van der Waals surface area contributed by atoms with E-state index in [0.717, 1.165) is 23.5 Å². The summed E-state index contributed by atoms with van der Waals surface area (Å²) in [5.74, 6) is 3.93. The van der Waals surface area contributed by atoms with E-state index in [0.29, 0.717) is 17.9 Å². The predicted molar refractivity (Wildman–Crippen MR) is 88.2 cm³/mol. The molecule has 0 aromatic heterocycles. The van der Waals surface area contributed by atoms with Crippen LogP contribution < -0.4 is 4.74 Å². The maximum Gasteiger partial charge on any atom is 0.119 e. The van der Waals surface area contributed by atoms with Crippen molar-refractivity contribution in [1.29, 1.82) is 0 Å². The van der Waals surface area contributed by atoms with Gasteiger partial charge in [-0.2, -0.15) is 0 Å². The number of hydrogen-bond acceptors (Lipinski definition) is 2. The van der Waals surface area contributed by atoms with Crippen molar-refractivity contribution in [2.45, 2.75) is 51.4 Å². The zero-order valence-electron chi connectivity index (χ0n) is 13.8. The van der Waals surface area contributed by atoms with Crippen molar-refractivity contribution in [3.05, 3.63) is 29.3 Å². The van der Waals surface area contributed by atoms with Crippen LogP contribution in [0.2, 0.25) is 0 Å². The van der Waals surface area contributed by atoms with Gasteiger partial charge in [0.05, 0.1) is 7.11 Å². The van der Waals surface area contributed by atoms with E-state index in [2.05, 4.69) is 25.1 Å². The van der Waals surface area contributed by atoms with Gasteiger partial charge in [0.2, 0.25) is 0 Å². The summed E-state index contributed by atoms with van der Waals surface area (Å²) < 4.78 is 5.40. The second kappa shape index (κ2) is 5.26. The van der Waals surface area contributed by atoms with Gasteiger partial charge in [0.15, 0.2) is 0 Å². The van der Waals surface area contributed by atoms with Gasteiger partial charge in [0, 0.05) is 6.61 Å². The van der Waals surface area contributed by atoms with Gasteiger partial charge in [-0.1, -0.05) is 13.0 Å². The molecule has 1 aromatic carbocycles. The van der Waals surface area contributed by atoms with Gasteiger partial charge in [-0.05, 0) is 90.9 Å². The summed E-state index contributed by atoms with van der Waals surface area (Å²) in [6, 6.07) is 6.72. The number of rotatable bonds is 2. The van der Waals surface area contributed by atoms with E-state index >= 15 is 0 Å². The van der Waals surface area contributed by atoms with Crippen molar-refractivity contribution < 1.29 is 9.84 Å². The topological polar surface area (TPSA) is 29.5 Å². The molecule has 4 rings (SSSR count). The first-order chi connectivity index (χ1) is 10.7. The van der Waals surface area contributed by atoms with Crippen LogP contribution in [0.25, 0.3) is 0 Å². The van der Waals surface area contributed by atoms with E-state index in [1.54, 1.807) is 12.7 Å². The number of aryl methyl sites for hydroxylation is 1. The number of hydrogen-bond donors (Lipinski definition) is 1. The van der Waals surface area contributed by atoms with E-state index in [4.69, 9.17) is 4.74 Å². The molecule has 2 nitrogen and oxygen atoms in total. The van der Waals surface area contributed by atoms with E-state index in [9.17, 15) is 5.11 Å². The van der Waals surface area contributed by atoms with E-state index in [1.165, 1.54) is 44.1 Å². The Morgan fingerprint density at radius 2 is 2.09 bits per heavy atom. The zero-order chi connectivity index (χ0) is 15.3. The van der Waals surface area contributed by atoms with Gasteiger partial charge in [-0.25, -0.2) is 0 Å². The lowest BCUT2D eigenvalue weighted by Gasteiger charge is -2.51. The highest BCUT2D eigenvalue weighted by Crippen LogP contribution is 2.62. The maximum absolute atomic E-state index is 9.77. The van der Waals surface area contributed by atoms with Crippen LogP contribution in [0.3, 0.4) is 0 Å². The molecule has 0 radical (unpaired) electrons. The lowest BCUT2D eigenvalue weighted by atomic mass is 9.54. The summed E-state index contributed by atoms with van der Waals surface area (Å²) >= 11 is 0. The molecule has 3 aliphatic rings. The normalized spacial score (nSPS) is 39.8. The van der Waals surface area contributed by atoms with Gasteiger partial charge >= 0.3 is 0 Å². The molecule has 2 fully saturated rings. The fourth-order valence-corrected chi connectivity index (χ4v) is 6.09. The zero-order valence-corrected chi connectivity index (χ0v) is 13.8. The van der Waals surface area contributed by atoms with Crippen LogP contribution in [0.4, 0.5) is 0 Å². The van der Waals surface area contributed by atoms with Crippen molar-refractivity contribution in [3.8, 4) is 5.75 Å². The first kappa shape index (κ1) is 14.6. The molecule has 0 aliphatic heterocycles. The summed E-state index contributed by atoms with van der Waals surface area (Å²) in [5.41, 5.74) is 3.49. The highest BCUT2D eigenvalue weighted by atomic mass is 16.5. The van der Waals surface area contributed by atoms with Crippen LogP contribution in [0.5, 0.6) is 5.75 Å². The molecule has 1 N–H and O–H groups in total. The maximum atomic E-state index is 9.77. The minimum absolute atomic E-state index is 0.387. The minimum atomic E-state index is 0.387. The molecule has 0 bridgehead atoms. The van der Waals surface area contributed by atoms with Crippen molar-refractivity contribution >= 4 is 0 Å². The molecule has 1 aromatic rings. The standard InChI is InChI=1S/C20H28O2/c1-20-10-9-17-16-7-5-15(22-2)11-13(16)3-6-18(17)19(20)8-4-14(20)12-21/h5,7,11,14,17-19,21H,3-4,6,8-10,12H2,1-2H3/t14?,17-,18-,19+,20-/m1/s1. The first-order valence-corrected chi connectivity index (χ1v) is 8.95. The number of benzene rings is 1. The summed E-state index contributed by atoms with van der Waals surface area (Å²) in [5, 5.41) is 9.77. The van der Waals surface area contributed by atoms with Crippen LogP contribution >= 0.6 is 0 Å². The second-order valence-corrected chi connectivity index (χ2v) is 7.98. The van der Waals surface area contributed by atoms with E-state index in [-0.39, 0.29) is 0 Å². The molecule has 120 valence electrons.